The Kier molecular flexibility index (Phi) is 3.31. The Morgan fingerprint density at radius 1 is 1.35 bits per heavy atom. The molecule has 0 saturated carbocycles. The van der Waals surface area contributed by atoms with E-state index in [9.17, 15) is 0 Å². The fraction of sp³-hybridized carbons (Fsp3) is 0.154. The van der Waals surface area contributed by atoms with E-state index in [-0.39, 0.29) is 0 Å². The topological polar surface area (TPSA) is 61.6 Å². The van der Waals surface area contributed by atoms with Crippen LogP contribution in [0.3, 0.4) is 0 Å². The van der Waals surface area contributed by atoms with Gasteiger partial charge in [0.1, 0.15) is 11.8 Å². The number of anilines is 2. The lowest BCUT2D eigenvalue weighted by Crippen LogP contribution is -1.98. The van der Waals surface area contributed by atoms with Gasteiger partial charge in [0, 0.05) is 11.9 Å². The molecule has 0 aliphatic rings. The molecule has 1 aromatic carbocycles. The summed E-state index contributed by atoms with van der Waals surface area (Å²) in [5, 5.41) is 11.8. The van der Waals surface area contributed by atoms with Gasteiger partial charge in [-0.25, -0.2) is 9.97 Å². The first kappa shape index (κ1) is 11.1. The Balaban J connectivity index is 2.22. The Labute approximate surface area is 100.0 Å². The molecule has 2 rings (SSSR count). The van der Waals surface area contributed by atoms with Gasteiger partial charge in [0.05, 0.1) is 0 Å². The fourth-order valence-corrected chi connectivity index (χ4v) is 1.48. The van der Waals surface area contributed by atoms with Crippen molar-refractivity contribution in [2.45, 2.75) is 13.3 Å². The average Bonchev–Trinajstić information content (AvgIpc) is 2.39. The number of nitrogens with one attached hydrogen (secondary N) is 1. The summed E-state index contributed by atoms with van der Waals surface area (Å²) >= 11 is 0. The van der Waals surface area contributed by atoms with Crippen LogP contribution in [0.15, 0.2) is 36.5 Å². The summed E-state index contributed by atoms with van der Waals surface area (Å²) < 4.78 is 0. The van der Waals surface area contributed by atoms with Crippen LogP contribution in [-0.2, 0) is 6.42 Å². The number of hydrogen-bond donors (Lipinski definition) is 1. The SMILES string of the molecule is CCc1cccc(Nc2nccc(C#N)n2)c1. The van der Waals surface area contributed by atoms with Gasteiger partial charge in [0.2, 0.25) is 5.95 Å². The highest BCUT2D eigenvalue weighted by Crippen LogP contribution is 2.14. The molecule has 0 bridgehead atoms. The summed E-state index contributed by atoms with van der Waals surface area (Å²) in [6.07, 6.45) is 2.55. The lowest BCUT2D eigenvalue weighted by atomic mass is 10.1. The van der Waals surface area contributed by atoms with Gasteiger partial charge in [0.25, 0.3) is 0 Å². The number of benzene rings is 1. The molecule has 0 unspecified atom stereocenters. The molecule has 0 atom stereocenters. The van der Waals surface area contributed by atoms with Crippen LogP contribution in [0.1, 0.15) is 18.2 Å². The van der Waals surface area contributed by atoms with Gasteiger partial charge in [-0.2, -0.15) is 5.26 Å². The van der Waals surface area contributed by atoms with Crippen LogP contribution in [0.2, 0.25) is 0 Å². The maximum Gasteiger partial charge on any atom is 0.228 e. The molecule has 0 aliphatic carbocycles. The maximum atomic E-state index is 8.74. The van der Waals surface area contributed by atoms with Crippen molar-refractivity contribution >= 4 is 11.6 Å². The first-order valence-electron chi connectivity index (χ1n) is 5.41. The normalized spacial score (nSPS) is 9.65. The Morgan fingerprint density at radius 2 is 2.24 bits per heavy atom. The van der Waals surface area contributed by atoms with Crippen molar-refractivity contribution in [2.24, 2.45) is 0 Å². The van der Waals surface area contributed by atoms with Gasteiger partial charge in [-0.1, -0.05) is 19.1 Å². The monoisotopic (exact) mass is 224 g/mol. The molecule has 1 aromatic heterocycles. The van der Waals surface area contributed by atoms with Crippen molar-refractivity contribution in [1.29, 1.82) is 5.26 Å². The molecule has 4 heteroatoms. The van der Waals surface area contributed by atoms with E-state index in [4.69, 9.17) is 5.26 Å². The zero-order valence-corrected chi connectivity index (χ0v) is 9.51. The molecule has 84 valence electrons. The quantitative estimate of drug-likeness (QED) is 0.870. The molecule has 0 aliphatic heterocycles. The largest absolute Gasteiger partial charge is 0.324 e. The van der Waals surface area contributed by atoms with E-state index >= 15 is 0 Å². The summed E-state index contributed by atoms with van der Waals surface area (Å²) in [5.74, 6) is 0.442. The van der Waals surface area contributed by atoms with E-state index in [2.05, 4.69) is 28.3 Å². The van der Waals surface area contributed by atoms with Crippen molar-refractivity contribution in [3.05, 3.63) is 47.8 Å². The first-order valence-corrected chi connectivity index (χ1v) is 5.41. The number of hydrogen-bond acceptors (Lipinski definition) is 4. The number of aryl methyl sites for hydroxylation is 1. The summed E-state index contributed by atoms with van der Waals surface area (Å²) in [7, 11) is 0. The van der Waals surface area contributed by atoms with Crippen LogP contribution in [0, 0.1) is 11.3 Å². The van der Waals surface area contributed by atoms with Crippen LogP contribution in [0.5, 0.6) is 0 Å². The Morgan fingerprint density at radius 3 is 3.00 bits per heavy atom. The van der Waals surface area contributed by atoms with Gasteiger partial charge in [-0.05, 0) is 30.2 Å². The fourth-order valence-electron chi connectivity index (χ4n) is 1.48. The molecule has 0 radical (unpaired) electrons. The number of aromatic nitrogens is 2. The van der Waals surface area contributed by atoms with Crippen LogP contribution >= 0.6 is 0 Å². The van der Waals surface area contributed by atoms with E-state index in [1.165, 1.54) is 5.56 Å². The highest BCUT2D eigenvalue weighted by molar-refractivity contribution is 5.54. The third kappa shape index (κ3) is 2.79. The van der Waals surface area contributed by atoms with Crippen molar-refractivity contribution in [1.82, 2.24) is 9.97 Å². The van der Waals surface area contributed by atoms with Crippen LogP contribution in [0.25, 0.3) is 0 Å². The van der Waals surface area contributed by atoms with Crippen LogP contribution in [0.4, 0.5) is 11.6 Å². The predicted octanol–water partition coefficient (Wildman–Crippen LogP) is 2.65. The second kappa shape index (κ2) is 5.08. The second-order valence-electron chi connectivity index (χ2n) is 3.56. The smallest absolute Gasteiger partial charge is 0.228 e. The summed E-state index contributed by atoms with van der Waals surface area (Å²) in [6, 6.07) is 11.6. The van der Waals surface area contributed by atoms with Gasteiger partial charge >= 0.3 is 0 Å². The van der Waals surface area contributed by atoms with Gasteiger partial charge in [-0.3, -0.25) is 0 Å². The molecule has 0 spiro atoms. The van der Waals surface area contributed by atoms with Gasteiger partial charge < -0.3 is 5.32 Å². The number of nitrogens with zero attached hydrogens (tertiary/aromatic N) is 3. The standard InChI is InChI=1S/C13H12N4/c1-2-10-4-3-5-11(8-10)16-13-15-7-6-12(9-14)17-13/h3-8H,2H2,1H3,(H,15,16,17). The zero-order valence-electron chi connectivity index (χ0n) is 9.51. The van der Waals surface area contributed by atoms with Crippen LogP contribution < -0.4 is 5.32 Å². The third-order valence-corrected chi connectivity index (χ3v) is 2.36. The maximum absolute atomic E-state index is 8.74. The summed E-state index contributed by atoms with van der Waals surface area (Å²) in [4.78, 5) is 8.12. The lowest BCUT2D eigenvalue weighted by Gasteiger charge is -2.05. The van der Waals surface area contributed by atoms with Crippen LogP contribution in [-0.4, -0.2) is 9.97 Å². The van der Waals surface area contributed by atoms with Crippen molar-refractivity contribution in [2.75, 3.05) is 5.32 Å². The molecule has 2 aromatic rings. The van der Waals surface area contributed by atoms with Gasteiger partial charge in [0.15, 0.2) is 0 Å². The van der Waals surface area contributed by atoms with Crippen molar-refractivity contribution in [3.8, 4) is 6.07 Å². The predicted molar refractivity (Wildman–Crippen MR) is 65.8 cm³/mol. The minimum Gasteiger partial charge on any atom is -0.324 e. The number of nitriles is 1. The molecule has 1 N–H and O–H groups in total. The van der Waals surface area contributed by atoms with E-state index in [1.807, 2.05) is 24.3 Å². The molecule has 0 fully saturated rings. The molecule has 17 heavy (non-hydrogen) atoms. The zero-order chi connectivity index (χ0) is 12.1. The Bertz CT molecular complexity index is 557. The minimum absolute atomic E-state index is 0.356. The highest BCUT2D eigenvalue weighted by Gasteiger charge is 1.99. The third-order valence-electron chi connectivity index (χ3n) is 2.36. The molecule has 1 heterocycles. The Hall–Kier alpha value is -2.41. The van der Waals surface area contributed by atoms with E-state index in [1.54, 1.807) is 12.3 Å². The summed E-state index contributed by atoms with van der Waals surface area (Å²) in [6.45, 7) is 2.10. The van der Waals surface area contributed by atoms with E-state index in [0.717, 1.165) is 12.1 Å². The van der Waals surface area contributed by atoms with Crippen molar-refractivity contribution < 1.29 is 0 Å². The number of rotatable bonds is 3. The molecular formula is C13H12N4. The molecular weight excluding hydrogens is 212 g/mol. The second-order valence-corrected chi connectivity index (χ2v) is 3.56. The lowest BCUT2D eigenvalue weighted by molar-refractivity contribution is 1.12. The molecule has 0 saturated heterocycles. The average molecular weight is 224 g/mol. The van der Waals surface area contributed by atoms with Crippen molar-refractivity contribution in [3.63, 3.8) is 0 Å². The molecule has 0 amide bonds. The highest BCUT2D eigenvalue weighted by atomic mass is 15.1. The minimum atomic E-state index is 0.356. The first-order chi connectivity index (χ1) is 8.31. The summed E-state index contributed by atoms with van der Waals surface area (Å²) in [5.41, 5.74) is 2.53. The molecule has 4 nitrogen and oxygen atoms in total. The van der Waals surface area contributed by atoms with E-state index in [0.29, 0.717) is 11.6 Å². The van der Waals surface area contributed by atoms with E-state index < -0.39 is 0 Å². The van der Waals surface area contributed by atoms with Gasteiger partial charge in [-0.15, -0.1) is 0 Å².